The van der Waals surface area contributed by atoms with Gasteiger partial charge in [0.1, 0.15) is 0 Å². The zero-order chi connectivity index (χ0) is 41.2. The van der Waals surface area contributed by atoms with E-state index < -0.39 is 0 Å². The van der Waals surface area contributed by atoms with E-state index in [1.54, 1.807) is 0 Å². The van der Waals surface area contributed by atoms with Crippen LogP contribution in [-0.2, 0) is 0 Å². The maximum absolute atomic E-state index is 5.46. The fourth-order valence-corrected chi connectivity index (χ4v) is 10.3. The van der Waals surface area contributed by atoms with E-state index in [2.05, 4.69) is 214 Å². The molecule has 6 heteroatoms. The van der Waals surface area contributed by atoms with Crippen LogP contribution in [0.3, 0.4) is 0 Å². The molecule has 0 aliphatic carbocycles. The van der Waals surface area contributed by atoms with Crippen LogP contribution in [0.25, 0.3) is 128 Å². The Hall–Kier alpha value is -8.61. The van der Waals surface area contributed by atoms with Crippen LogP contribution in [0.15, 0.2) is 206 Å². The Morgan fingerprint density at radius 2 is 0.714 bits per heavy atom. The SMILES string of the molecule is c1ccc(-c2ccc(-c3nc(-n4c5ccccc5c5ccccc54)nc(-n4c5ccccc5c5cc6c(cc54)c4cccc5c4n6-c4ccccc4-c4ccccc4-5)n3)cc2)cc1. The van der Waals surface area contributed by atoms with Crippen LogP contribution >= 0.6 is 0 Å². The zero-order valence-electron chi connectivity index (χ0n) is 33.8. The number of rotatable bonds is 4. The normalized spacial score (nSPS) is 12.1. The Labute approximate surface area is 361 Å². The summed E-state index contributed by atoms with van der Waals surface area (Å²) >= 11 is 0. The highest BCUT2D eigenvalue weighted by molar-refractivity contribution is 6.22. The number of fused-ring (bicyclic) bond motifs is 14. The molecule has 14 rings (SSSR count). The van der Waals surface area contributed by atoms with Gasteiger partial charge >= 0.3 is 0 Å². The van der Waals surface area contributed by atoms with E-state index in [4.69, 9.17) is 15.0 Å². The highest BCUT2D eigenvalue weighted by Gasteiger charge is 2.26. The summed E-state index contributed by atoms with van der Waals surface area (Å²) in [5.41, 5.74) is 15.8. The van der Waals surface area contributed by atoms with Gasteiger partial charge in [0, 0.05) is 49.0 Å². The first kappa shape index (κ1) is 34.1. The summed E-state index contributed by atoms with van der Waals surface area (Å²) in [7, 11) is 0. The molecule has 0 fully saturated rings. The van der Waals surface area contributed by atoms with Gasteiger partial charge in [-0.15, -0.1) is 0 Å². The van der Waals surface area contributed by atoms with E-state index in [0.717, 1.165) is 65.8 Å². The van der Waals surface area contributed by atoms with Gasteiger partial charge in [-0.2, -0.15) is 15.0 Å². The Balaban J connectivity index is 1.08. The summed E-state index contributed by atoms with van der Waals surface area (Å²) in [5.74, 6) is 1.71. The quantitative estimate of drug-likeness (QED) is 0.178. The predicted octanol–water partition coefficient (Wildman–Crippen LogP) is 14.1. The lowest BCUT2D eigenvalue weighted by Crippen LogP contribution is -2.10. The van der Waals surface area contributed by atoms with Gasteiger partial charge < -0.3 is 4.57 Å². The topological polar surface area (TPSA) is 53.5 Å². The molecule has 13 aromatic rings. The fraction of sp³-hybridized carbons (Fsp3) is 0. The van der Waals surface area contributed by atoms with Gasteiger partial charge in [-0.05, 0) is 58.7 Å². The molecular formula is C57H34N6. The van der Waals surface area contributed by atoms with Crippen LogP contribution < -0.4 is 0 Å². The molecule has 0 unspecified atom stereocenters. The molecular weight excluding hydrogens is 769 g/mol. The third-order valence-electron chi connectivity index (χ3n) is 13.1. The third kappa shape index (κ3) is 4.86. The Morgan fingerprint density at radius 1 is 0.270 bits per heavy atom. The first-order chi connectivity index (χ1) is 31.3. The van der Waals surface area contributed by atoms with Crippen molar-refractivity contribution in [2.45, 2.75) is 0 Å². The van der Waals surface area contributed by atoms with Gasteiger partial charge in [-0.1, -0.05) is 170 Å². The monoisotopic (exact) mass is 802 g/mol. The van der Waals surface area contributed by atoms with Crippen LogP contribution in [0.5, 0.6) is 0 Å². The lowest BCUT2D eigenvalue weighted by atomic mass is 9.94. The molecule has 1 aliphatic heterocycles. The van der Waals surface area contributed by atoms with Gasteiger partial charge in [-0.25, -0.2) is 0 Å². The molecule has 9 aromatic carbocycles. The lowest BCUT2D eigenvalue weighted by molar-refractivity contribution is 0.893. The largest absolute Gasteiger partial charge is 0.308 e. The van der Waals surface area contributed by atoms with Crippen molar-refractivity contribution in [3.05, 3.63) is 206 Å². The molecule has 6 nitrogen and oxygen atoms in total. The number of benzene rings is 9. The minimum absolute atomic E-state index is 0.555. The smallest absolute Gasteiger partial charge is 0.240 e. The van der Waals surface area contributed by atoms with Gasteiger partial charge in [0.05, 0.1) is 38.8 Å². The first-order valence-corrected chi connectivity index (χ1v) is 21.4. The fourth-order valence-electron chi connectivity index (χ4n) is 10.3. The number of nitrogens with zero attached hydrogens (tertiary/aromatic N) is 6. The maximum atomic E-state index is 5.46. The van der Waals surface area contributed by atoms with Crippen molar-refractivity contribution in [2.75, 3.05) is 0 Å². The summed E-state index contributed by atoms with van der Waals surface area (Å²) < 4.78 is 6.92. The van der Waals surface area contributed by atoms with E-state index in [1.807, 2.05) is 6.07 Å². The number of para-hydroxylation sites is 5. The van der Waals surface area contributed by atoms with E-state index in [-0.39, 0.29) is 0 Å². The van der Waals surface area contributed by atoms with Crippen molar-refractivity contribution >= 4 is 65.4 Å². The molecule has 0 N–H and O–H groups in total. The standard InChI is InChI=1S/C57H34N6/c1-2-15-35(16-3-1)36-29-31-37(32-30-36)55-58-56(62-49-26-11-7-20-41(49)42-21-8-12-27-50(42)62)60-57(59-55)63-51-28-13-9-22-43(51)46-33-52-47(34-53(46)63)45-24-14-23-44-39-18-5-4-17-38(39)40-19-6-10-25-48(40)61(52)54(44)45/h1-34H. The van der Waals surface area contributed by atoms with Gasteiger partial charge in [0.25, 0.3) is 0 Å². The minimum Gasteiger partial charge on any atom is -0.308 e. The Bertz CT molecular complexity index is 3970. The van der Waals surface area contributed by atoms with Gasteiger partial charge in [-0.3, -0.25) is 9.13 Å². The molecule has 0 radical (unpaired) electrons. The van der Waals surface area contributed by atoms with Crippen molar-refractivity contribution in [1.29, 1.82) is 0 Å². The van der Waals surface area contributed by atoms with Crippen LogP contribution in [-0.4, -0.2) is 28.7 Å². The van der Waals surface area contributed by atoms with Gasteiger partial charge in [0.15, 0.2) is 5.82 Å². The molecule has 0 amide bonds. The van der Waals surface area contributed by atoms with Gasteiger partial charge in [0.2, 0.25) is 11.9 Å². The second kappa shape index (κ2) is 12.9. The molecule has 0 atom stereocenters. The molecule has 0 saturated heterocycles. The second-order valence-electron chi connectivity index (χ2n) is 16.4. The number of hydrogen-bond acceptors (Lipinski definition) is 3. The molecule has 63 heavy (non-hydrogen) atoms. The summed E-state index contributed by atoms with van der Waals surface area (Å²) in [6, 6.07) is 73.8. The third-order valence-corrected chi connectivity index (χ3v) is 13.1. The van der Waals surface area contributed by atoms with Crippen molar-refractivity contribution in [3.63, 3.8) is 0 Å². The number of hydrogen-bond donors (Lipinski definition) is 0. The molecule has 0 bridgehead atoms. The average Bonchev–Trinajstić information content (AvgIpc) is 3.96. The van der Waals surface area contributed by atoms with Crippen molar-refractivity contribution in [3.8, 4) is 62.4 Å². The first-order valence-electron chi connectivity index (χ1n) is 21.4. The van der Waals surface area contributed by atoms with Crippen LogP contribution in [0.4, 0.5) is 0 Å². The Morgan fingerprint density at radius 3 is 1.38 bits per heavy atom. The average molecular weight is 803 g/mol. The molecule has 292 valence electrons. The van der Waals surface area contributed by atoms with E-state index >= 15 is 0 Å². The summed E-state index contributed by atoms with van der Waals surface area (Å²) in [4.78, 5) is 16.2. The van der Waals surface area contributed by atoms with E-state index in [9.17, 15) is 0 Å². The van der Waals surface area contributed by atoms with Crippen molar-refractivity contribution in [1.82, 2.24) is 28.7 Å². The molecule has 0 spiro atoms. The number of aromatic nitrogens is 6. The van der Waals surface area contributed by atoms with Crippen LogP contribution in [0.1, 0.15) is 0 Å². The summed E-state index contributed by atoms with van der Waals surface area (Å²) in [6.07, 6.45) is 0. The molecule has 0 saturated carbocycles. The Kier molecular flexibility index (Phi) is 7.02. The summed E-state index contributed by atoms with van der Waals surface area (Å²) in [5, 5.41) is 6.93. The van der Waals surface area contributed by atoms with E-state index in [1.165, 1.54) is 44.2 Å². The lowest BCUT2D eigenvalue weighted by Gasteiger charge is -2.13. The second-order valence-corrected chi connectivity index (χ2v) is 16.4. The predicted molar refractivity (Wildman–Crippen MR) is 258 cm³/mol. The highest BCUT2D eigenvalue weighted by atomic mass is 15.3. The van der Waals surface area contributed by atoms with E-state index in [0.29, 0.717) is 17.7 Å². The minimum atomic E-state index is 0.555. The molecule has 1 aliphatic rings. The molecule has 4 aromatic heterocycles. The van der Waals surface area contributed by atoms with Crippen LogP contribution in [0, 0.1) is 0 Å². The highest BCUT2D eigenvalue weighted by Crippen LogP contribution is 2.48. The van der Waals surface area contributed by atoms with Crippen molar-refractivity contribution < 1.29 is 0 Å². The summed E-state index contributed by atoms with van der Waals surface area (Å²) in [6.45, 7) is 0. The zero-order valence-corrected chi connectivity index (χ0v) is 33.8. The van der Waals surface area contributed by atoms with Crippen molar-refractivity contribution in [2.24, 2.45) is 0 Å². The van der Waals surface area contributed by atoms with Crippen LogP contribution in [0.2, 0.25) is 0 Å². The molecule has 5 heterocycles. The maximum Gasteiger partial charge on any atom is 0.240 e.